The van der Waals surface area contributed by atoms with Crippen molar-refractivity contribution >= 4 is 11.7 Å². The number of aromatic nitrogens is 4. The molecule has 2 aromatic heterocycles. The number of nitrogens with one attached hydrogen (secondary N) is 1. The van der Waals surface area contributed by atoms with Gasteiger partial charge in [0.05, 0.1) is 18.4 Å². The van der Waals surface area contributed by atoms with Crippen LogP contribution in [0.2, 0.25) is 0 Å². The predicted molar refractivity (Wildman–Crippen MR) is 103 cm³/mol. The summed E-state index contributed by atoms with van der Waals surface area (Å²) < 4.78 is 0. The second-order valence-electron chi connectivity index (χ2n) is 7.78. The Labute approximate surface area is 159 Å². The summed E-state index contributed by atoms with van der Waals surface area (Å²) in [5.41, 5.74) is 4.12. The normalized spacial score (nSPS) is 19.7. The SMILES string of the molecule is Cc1nc(C(=O)N2CCc3cn[nH]c3C2)nc(N2CC[C@@H](N(C)C)C2)c1C. The van der Waals surface area contributed by atoms with Gasteiger partial charge in [-0.15, -0.1) is 0 Å². The van der Waals surface area contributed by atoms with Crippen LogP contribution in [0.25, 0.3) is 0 Å². The Morgan fingerprint density at radius 1 is 1.26 bits per heavy atom. The standard InChI is InChI=1S/C19H27N7O/c1-12-13(2)21-17(22-18(12)25-8-6-15(10-25)24(3)4)19(27)26-7-5-14-9-20-23-16(14)11-26/h9,15H,5-8,10-11H2,1-4H3,(H,20,23)/t15-/m1/s1. The van der Waals surface area contributed by atoms with Crippen LogP contribution < -0.4 is 4.90 Å². The molecule has 1 fully saturated rings. The van der Waals surface area contributed by atoms with Gasteiger partial charge in [-0.1, -0.05) is 0 Å². The van der Waals surface area contributed by atoms with Crippen LogP contribution in [-0.2, 0) is 13.0 Å². The van der Waals surface area contributed by atoms with E-state index in [1.807, 2.05) is 20.0 Å². The van der Waals surface area contributed by atoms with Crippen LogP contribution in [-0.4, -0.2) is 75.6 Å². The molecule has 2 aliphatic rings. The van der Waals surface area contributed by atoms with Crippen molar-refractivity contribution in [2.75, 3.05) is 38.6 Å². The summed E-state index contributed by atoms with van der Waals surface area (Å²) >= 11 is 0. The lowest BCUT2D eigenvalue weighted by molar-refractivity contribution is 0.0719. The smallest absolute Gasteiger partial charge is 0.292 e. The van der Waals surface area contributed by atoms with Crippen LogP contribution >= 0.6 is 0 Å². The van der Waals surface area contributed by atoms with Gasteiger partial charge in [0.2, 0.25) is 5.82 Å². The zero-order valence-corrected chi connectivity index (χ0v) is 16.5. The number of rotatable bonds is 3. The van der Waals surface area contributed by atoms with Gasteiger partial charge in [-0.25, -0.2) is 9.97 Å². The molecular weight excluding hydrogens is 342 g/mol. The lowest BCUT2D eigenvalue weighted by Crippen LogP contribution is -2.37. The molecule has 0 radical (unpaired) electrons. The summed E-state index contributed by atoms with van der Waals surface area (Å²) in [6, 6.07) is 0.514. The molecule has 0 aromatic carbocycles. The summed E-state index contributed by atoms with van der Waals surface area (Å²) in [6.07, 6.45) is 3.76. The number of fused-ring (bicyclic) bond motifs is 1. The topological polar surface area (TPSA) is 81.2 Å². The molecule has 2 aliphatic heterocycles. The second kappa shape index (κ2) is 6.92. The van der Waals surface area contributed by atoms with E-state index >= 15 is 0 Å². The minimum absolute atomic E-state index is 0.108. The van der Waals surface area contributed by atoms with Crippen LogP contribution in [0.1, 0.15) is 39.6 Å². The number of anilines is 1. The van der Waals surface area contributed by atoms with Crippen LogP contribution in [0.5, 0.6) is 0 Å². The molecule has 144 valence electrons. The highest BCUT2D eigenvalue weighted by atomic mass is 16.2. The second-order valence-corrected chi connectivity index (χ2v) is 7.78. The van der Waals surface area contributed by atoms with Crippen LogP contribution in [0.4, 0.5) is 5.82 Å². The third-order valence-electron chi connectivity index (χ3n) is 5.84. The lowest BCUT2D eigenvalue weighted by atomic mass is 10.1. The van der Waals surface area contributed by atoms with Crippen molar-refractivity contribution in [2.24, 2.45) is 0 Å². The Balaban J connectivity index is 1.59. The Hall–Kier alpha value is -2.48. The number of nitrogens with zero attached hydrogens (tertiary/aromatic N) is 6. The molecule has 8 heteroatoms. The molecule has 4 heterocycles. The van der Waals surface area contributed by atoms with Crippen molar-refractivity contribution in [1.82, 2.24) is 30.0 Å². The van der Waals surface area contributed by atoms with Gasteiger partial charge in [0, 0.05) is 36.9 Å². The summed E-state index contributed by atoms with van der Waals surface area (Å²) in [7, 11) is 4.22. The Morgan fingerprint density at radius 3 is 2.81 bits per heavy atom. The van der Waals surface area contributed by atoms with E-state index < -0.39 is 0 Å². The van der Waals surface area contributed by atoms with E-state index in [1.54, 1.807) is 4.90 Å². The highest BCUT2D eigenvalue weighted by Gasteiger charge is 2.29. The maximum absolute atomic E-state index is 13.1. The fourth-order valence-corrected chi connectivity index (χ4v) is 3.90. The first-order valence-electron chi connectivity index (χ1n) is 9.51. The molecule has 27 heavy (non-hydrogen) atoms. The molecule has 0 saturated carbocycles. The van der Waals surface area contributed by atoms with E-state index in [2.05, 4.69) is 39.1 Å². The average molecular weight is 369 g/mol. The summed E-state index contributed by atoms with van der Waals surface area (Å²) in [5.74, 6) is 1.08. The van der Waals surface area contributed by atoms with Crippen molar-refractivity contribution < 1.29 is 4.79 Å². The molecule has 0 spiro atoms. The van der Waals surface area contributed by atoms with E-state index in [-0.39, 0.29) is 5.91 Å². The summed E-state index contributed by atoms with van der Waals surface area (Å²) in [6.45, 7) is 7.09. The molecular formula is C19H27N7O. The maximum atomic E-state index is 13.1. The number of carbonyl (C=O) groups is 1. The van der Waals surface area contributed by atoms with Gasteiger partial charge in [0.15, 0.2) is 0 Å². The van der Waals surface area contributed by atoms with E-state index in [1.165, 1.54) is 5.56 Å². The van der Waals surface area contributed by atoms with Crippen LogP contribution in [0.3, 0.4) is 0 Å². The van der Waals surface area contributed by atoms with E-state index in [0.717, 1.165) is 48.7 Å². The molecule has 0 bridgehead atoms. The number of carbonyl (C=O) groups excluding carboxylic acids is 1. The summed E-state index contributed by atoms with van der Waals surface area (Å²) in [4.78, 5) is 28.6. The fourth-order valence-electron chi connectivity index (χ4n) is 3.90. The number of hydrogen-bond donors (Lipinski definition) is 1. The quantitative estimate of drug-likeness (QED) is 0.874. The Kier molecular flexibility index (Phi) is 4.59. The van der Waals surface area contributed by atoms with E-state index in [4.69, 9.17) is 4.98 Å². The Morgan fingerprint density at radius 2 is 2.07 bits per heavy atom. The Bertz CT molecular complexity index is 860. The number of aryl methyl sites for hydroxylation is 1. The summed E-state index contributed by atoms with van der Waals surface area (Å²) in [5, 5.41) is 7.07. The van der Waals surface area contributed by atoms with Crippen molar-refractivity contribution in [2.45, 2.75) is 39.3 Å². The first kappa shape index (κ1) is 17.9. The zero-order chi connectivity index (χ0) is 19.1. The number of amides is 1. The monoisotopic (exact) mass is 369 g/mol. The molecule has 0 unspecified atom stereocenters. The first-order valence-corrected chi connectivity index (χ1v) is 9.51. The molecule has 1 saturated heterocycles. The highest BCUT2D eigenvalue weighted by molar-refractivity contribution is 5.91. The highest BCUT2D eigenvalue weighted by Crippen LogP contribution is 2.26. The van der Waals surface area contributed by atoms with Gasteiger partial charge in [0.25, 0.3) is 5.91 Å². The molecule has 1 atom stereocenters. The van der Waals surface area contributed by atoms with Gasteiger partial charge in [-0.05, 0) is 46.3 Å². The molecule has 4 rings (SSSR count). The minimum atomic E-state index is -0.108. The minimum Gasteiger partial charge on any atom is -0.355 e. The molecule has 0 aliphatic carbocycles. The van der Waals surface area contributed by atoms with Gasteiger partial charge in [0.1, 0.15) is 5.82 Å². The third-order valence-corrected chi connectivity index (χ3v) is 5.84. The molecule has 1 N–H and O–H groups in total. The van der Waals surface area contributed by atoms with E-state index in [0.29, 0.717) is 25.0 Å². The van der Waals surface area contributed by atoms with Crippen molar-refractivity contribution in [1.29, 1.82) is 0 Å². The first-order chi connectivity index (χ1) is 12.9. The predicted octanol–water partition coefficient (Wildman–Crippen LogP) is 1.16. The van der Waals surface area contributed by atoms with E-state index in [9.17, 15) is 4.79 Å². The zero-order valence-electron chi connectivity index (χ0n) is 16.5. The fraction of sp³-hybridized carbons (Fsp3) is 0.579. The lowest BCUT2D eigenvalue weighted by Gasteiger charge is -2.27. The van der Waals surface area contributed by atoms with Crippen LogP contribution in [0.15, 0.2) is 6.20 Å². The van der Waals surface area contributed by atoms with Crippen molar-refractivity contribution in [3.8, 4) is 0 Å². The van der Waals surface area contributed by atoms with Gasteiger partial charge in [-0.2, -0.15) is 5.10 Å². The largest absolute Gasteiger partial charge is 0.355 e. The maximum Gasteiger partial charge on any atom is 0.292 e. The average Bonchev–Trinajstić information content (AvgIpc) is 3.31. The van der Waals surface area contributed by atoms with Crippen molar-refractivity contribution in [3.05, 3.63) is 34.5 Å². The van der Waals surface area contributed by atoms with Crippen molar-refractivity contribution in [3.63, 3.8) is 0 Å². The molecule has 8 nitrogen and oxygen atoms in total. The third kappa shape index (κ3) is 3.29. The number of aromatic amines is 1. The molecule has 1 amide bonds. The van der Waals surface area contributed by atoms with Gasteiger partial charge < -0.3 is 14.7 Å². The van der Waals surface area contributed by atoms with Gasteiger partial charge >= 0.3 is 0 Å². The van der Waals surface area contributed by atoms with Crippen LogP contribution in [0, 0.1) is 13.8 Å². The van der Waals surface area contributed by atoms with Gasteiger partial charge in [-0.3, -0.25) is 9.89 Å². The number of hydrogen-bond acceptors (Lipinski definition) is 6. The number of likely N-dealkylation sites (N-methyl/N-ethyl adjacent to an activating group) is 1. The molecule has 2 aromatic rings. The number of H-pyrrole nitrogens is 1.